The van der Waals surface area contributed by atoms with E-state index in [2.05, 4.69) is 20.4 Å². The Labute approximate surface area is 172 Å². The van der Waals surface area contributed by atoms with Gasteiger partial charge in [0.05, 0.1) is 12.2 Å². The third kappa shape index (κ3) is 5.16. The largest absolute Gasteiger partial charge is 0.462 e. The van der Waals surface area contributed by atoms with Crippen LogP contribution in [-0.4, -0.2) is 50.6 Å². The van der Waals surface area contributed by atoms with Crippen molar-refractivity contribution in [2.45, 2.75) is 26.7 Å². The highest BCUT2D eigenvalue weighted by molar-refractivity contribution is 5.95. The highest BCUT2D eigenvalue weighted by Gasteiger charge is 2.17. The Balaban J connectivity index is 1.50. The number of unbranched alkanes of at least 4 members (excludes halogenated alkanes) is 1. The Morgan fingerprint density at radius 1 is 1.07 bits per heavy atom. The van der Waals surface area contributed by atoms with E-state index < -0.39 is 24.5 Å². The third-order valence-electron chi connectivity index (χ3n) is 4.08. The molecule has 1 N–H and O–H groups in total. The summed E-state index contributed by atoms with van der Waals surface area (Å²) in [5, 5.41) is 6.60. The first kappa shape index (κ1) is 20.9. The number of nitrogens with zero attached hydrogens (tertiary/aromatic N) is 4. The summed E-state index contributed by atoms with van der Waals surface area (Å²) in [6.07, 6.45) is 3.30. The lowest BCUT2D eigenvalue weighted by Crippen LogP contribution is -2.21. The summed E-state index contributed by atoms with van der Waals surface area (Å²) in [5.74, 6) is -1.71. The maximum atomic E-state index is 12.1. The van der Waals surface area contributed by atoms with Crippen LogP contribution in [0.3, 0.4) is 0 Å². The van der Waals surface area contributed by atoms with Gasteiger partial charge >= 0.3 is 11.9 Å². The predicted octanol–water partition coefficient (Wildman–Crippen LogP) is 2.19. The van der Waals surface area contributed by atoms with Crippen molar-refractivity contribution in [1.82, 2.24) is 19.6 Å². The topological polar surface area (TPSA) is 125 Å². The van der Waals surface area contributed by atoms with Crippen LogP contribution in [0.2, 0.25) is 0 Å². The lowest BCUT2D eigenvalue weighted by Gasteiger charge is -2.07. The maximum absolute atomic E-state index is 12.1. The van der Waals surface area contributed by atoms with Gasteiger partial charge in [-0.3, -0.25) is 4.79 Å². The number of nitrogens with one attached hydrogen (secondary N) is 1. The van der Waals surface area contributed by atoms with Crippen molar-refractivity contribution in [1.29, 1.82) is 0 Å². The molecule has 0 fully saturated rings. The molecule has 10 heteroatoms. The fourth-order valence-corrected chi connectivity index (χ4v) is 2.47. The van der Waals surface area contributed by atoms with Crippen molar-refractivity contribution in [2.24, 2.45) is 0 Å². The summed E-state index contributed by atoms with van der Waals surface area (Å²) in [5.41, 5.74) is 1.59. The minimum atomic E-state index is -0.833. The van der Waals surface area contributed by atoms with E-state index in [0.29, 0.717) is 17.9 Å². The summed E-state index contributed by atoms with van der Waals surface area (Å²) in [6.45, 7) is 3.66. The Morgan fingerprint density at radius 3 is 2.53 bits per heavy atom. The van der Waals surface area contributed by atoms with E-state index in [-0.39, 0.29) is 11.6 Å². The molecule has 1 amide bonds. The molecule has 0 aliphatic rings. The molecule has 0 atom stereocenters. The molecule has 1 aromatic carbocycles. The van der Waals surface area contributed by atoms with Gasteiger partial charge in [0.25, 0.3) is 17.5 Å². The maximum Gasteiger partial charge on any atom is 0.378 e. The second-order valence-corrected chi connectivity index (χ2v) is 6.42. The molecule has 0 saturated carbocycles. The summed E-state index contributed by atoms with van der Waals surface area (Å²) < 4.78 is 11.5. The van der Waals surface area contributed by atoms with Gasteiger partial charge in [-0.15, -0.1) is 5.10 Å². The number of carbonyl (C=O) groups is 3. The molecule has 0 aliphatic heterocycles. The number of benzene rings is 1. The Hall–Kier alpha value is -3.82. The molecule has 0 bridgehead atoms. The Kier molecular flexibility index (Phi) is 6.68. The van der Waals surface area contributed by atoms with Crippen LogP contribution in [-0.2, 0) is 14.3 Å². The monoisotopic (exact) mass is 411 g/mol. The number of carbonyl (C=O) groups excluding carboxylic acids is 3. The minimum Gasteiger partial charge on any atom is -0.462 e. The summed E-state index contributed by atoms with van der Waals surface area (Å²) >= 11 is 0. The molecule has 3 aromatic rings. The minimum absolute atomic E-state index is 0.185. The third-order valence-corrected chi connectivity index (χ3v) is 4.08. The normalized spacial score (nSPS) is 10.6. The quantitative estimate of drug-likeness (QED) is 0.442. The zero-order valence-corrected chi connectivity index (χ0v) is 16.6. The van der Waals surface area contributed by atoms with E-state index in [4.69, 9.17) is 9.47 Å². The first-order chi connectivity index (χ1) is 14.5. The van der Waals surface area contributed by atoms with Gasteiger partial charge in [0.1, 0.15) is 0 Å². The number of fused-ring (bicyclic) bond motifs is 1. The van der Waals surface area contributed by atoms with Crippen LogP contribution in [0, 0.1) is 6.92 Å². The van der Waals surface area contributed by atoms with Crippen molar-refractivity contribution in [3.8, 4) is 0 Å². The van der Waals surface area contributed by atoms with E-state index in [0.717, 1.165) is 18.5 Å². The molecule has 3 rings (SSSR count). The van der Waals surface area contributed by atoms with Gasteiger partial charge in [0.15, 0.2) is 6.61 Å². The van der Waals surface area contributed by atoms with Crippen LogP contribution in [0.15, 0.2) is 36.5 Å². The smallest absolute Gasteiger partial charge is 0.378 e. The predicted molar refractivity (Wildman–Crippen MR) is 106 cm³/mol. The second kappa shape index (κ2) is 9.59. The molecule has 2 aromatic heterocycles. The van der Waals surface area contributed by atoms with Gasteiger partial charge in [-0.2, -0.15) is 4.98 Å². The highest BCUT2D eigenvalue weighted by atomic mass is 16.5. The number of hydrogen-bond donors (Lipinski definition) is 1. The fourth-order valence-electron chi connectivity index (χ4n) is 2.47. The number of rotatable bonds is 8. The number of ether oxygens (including phenoxy) is 2. The molecular formula is C20H21N5O5. The van der Waals surface area contributed by atoms with E-state index in [1.54, 1.807) is 43.5 Å². The zero-order chi connectivity index (χ0) is 21.5. The van der Waals surface area contributed by atoms with Gasteiger partial charge in [-0.05, 0) is 43.7 Å². The first-order valence-electron chi connectivity index (χ1n) is 9.40. The lowest BCUT2D eigenvalue weighted by atomic mass is 10.2. The first-order valence-corrected chi connectivity index (χ1v) is 9.40. The summed E-state index contributed by atoms with van der Waals surface area (Å²) in [4.78, 5) is 44.0. The van der Waals surface area contributed by atoms with Crippen LogP contribution in [0.4, 0.5) is 5.69 Å². The van der Waals surface area contributed by atoms with Crippen LogP contribution in [0.1, 0.15) is 46.4 Å². The van der Waals surface area contributed by atoms with Crippen molar-refractivity contribution < 1.29 is 23.9 Å². The molecule has 0 unspecified atom stereocenters. The molecule has 0 saturated heterocycles. The number of amides is 1. The van der Waals surface area contributed by atoms with Gasteiger partial charge in [-0.25, -0.2) is 19.1 Å². The molecular weight excluding hydrogens is 390 g/mol. The molecule has 0 aliphatic carbocycles. The number of aryl methyl sites for hydroxylation is 1. The van der Waals surface area contributed by atoms with Crippen LogP contribution in [0.25, 0.3) is 5.78 Å². The summed E-state index contributed by atoms with van der Waals surface area (Å²) in [6, 6.07) is 7.94. The van der Waals surface area contributed by atoms with E-state index in [1.165, 1.54) is 4.52 Å². The van der Waals surface area contributed by atoms with Crippen molar-refractivity contribution in [3.05, 3.63) is 53.6 Å². The van der Waals surface area contributed by atoms with E-state index in [1.807, 2.05) is 6.92 Å². The number of anilines is 1. The van der Waals surface area contributed by atoms with Crippen molar-refractivity contribution in [2.75, 3.05) is 18.5 Å². The van der Waals surface area contributed by atoms with E-state index in [9.17, 15) is 14.4 Å². The van der Waals surface area contributed by atoms with Crippen LogP contribution in [0.5, 0.6) is 0 Å². The summed E-state index contributed by atoms with van der Waals surface area (Å²) in [7, 11) is 0. The van der Waals surface area contributed by atoms with Crippen molar-refractivity contribution in [3.63, 3.8) is 0 Å². The van der Waals surface area contributed by atoms with Gasteiger partial charge < -0.3 is 14.8 Å². The van der Waals surface area contributed by atoms with Gasteiger partial charge in [0.2, 0.25) is 0 Å². The lowest BCUT2D eigenvalue weighted by molar-refractivity contribution is -0.119. The zero-order valence-electron chi connectivity index (χ0n) is 16.6. The molecule has 156 valence electrons. The van der Waals surface area contributed by atoms with E-state index >= 15 is 0 Å². The molecule has 10 nitrogen and oxygen atoms in total. The molecule has 0 spiro atoms. The fraction of sp³-hybridized carbons (Fsp3) is 0.300. The standard InChI is InChI=1S/C20H21N5O5/c1-3-4-11-29-18(27)14-5-7-15(8-6-14)22-16(26)12-30-19(28)17-23-20-21-10-9-13(2)25(20)24-17/h5-10H,3-4,11-12H2,1-2H3,(H,22,26). The Bertz CT molecular complexity index is 1060. The number of esters is 2. The highest BCUT2D eigenvalue weighted by Crippen LogP contribution is 2.11. The van der Waals surface area contributed by atoms with Gasteiger partial charge in [-0.1, -0.05) is 13.3 Å². The average molecular weight is 411 g/mol. The Morgan fingerprint density at radius 2 is 1.83 bits per heavy atom. The van der Waals surface area contributed by atoms with Crippen LogP contribution < -0.4 is 5.32 Å². The average Bonchev–Trinajstić information content (AvgIpc) is 3.18. The van der Waals surface area contributed by atoms with Gasteiger partial charge in [0, 0.05) is 17.6 Å². The molecule has 30 heavy (non-hydrogen) atoms. The number of hydrogen-bond acceptors (Lipinski definition) is 8. The van der Waals surface area contributed by atoms with Crippen molar-refractivity contribution >= 4 is 29.3 Å². The SMILES string of the molecule is CCCCOC(=O)c1ccc(NC(=O)COC(=O)c2nc3nccc(C)n3n2)cc1. The number of aromatic nitrogens is 4. The second-order valence-electron chi connectivity index (χ2n) is 6.42. The molecule has 2 heterocycles. The van der Waals surface area contributed by atoms with Crippen LogP contribution >= 0.6 is 0 Å². The molecule has 0 radical (unpaired) electrons.